The van der Waals surface area contributed by atoms with Crippen LogP contribution in [-0.4, -0.2) is 9.55 Å². The van der Waals surface area contributed by atoms with Crippen LogP contribution in [0.5, 0.6) is 0 Å². The van der Waals surface area contributed by atoms with E-state index in [4.69, 9.17) is 39.8 Å². The minimum absolute atomic E-state index is 0.176. The fourth-order valence-corrected chi connectivity index (χ4v) is 6.46. The molecule has 0 saturated carbocycles. The molecule has 5 rings (SSSR count). The Balaban J connectivity index is 1.62. The summed E-state index contributed by atoms with van der Waals surface area (Å²) in [5, 5.41) is 2.89. The Hall–Kier alpha value is -1.98. The van der Waals surface area contributed by atoms with Crippen LogP contribution in [0.1, 0.15) is 46.8 Å². The summed E-state index contributed by atoms with van der Waals surface area (Å²) in [6.07, 6.45) is 2.98. The summed E-state index contributed by atoms with van der Waals surface area (Å²) in [5.74, 6) is 0.496. The van der Waals surface area contributed by atoms with Gasteiger partial charge in [0, 0.05) is 32.4 Å². The zero-order valence-corrected chi connectivity index (χ0v) is 21.6. The van der Waals surface area contributed by atoms with E-state index in [-0.39, 0.29) is 11.7 Å². The highest BCUT2D eigenvalue weighted by Gasteiger charge is 2.30. The van der Waals surface area contributed by atoms with Crippen LogP contribution in [0, 0.1) is 12.7 Å². The number of imidazole rings is 1. The number of hydrogen-bond donors (Lipinski definition) is 0. The van der Waals surface area contributed by atoms with Gasteiger partial charge in [0.25, 0.3) is 0 Å². The lowest BCUT2D eigenvalue weighted by atomic mass is 9.83. The minimum Gasteiger partial charge on any atom is -0.291 e. The summed E-state index contributed by atoms with van der Waals surface area (Å²) in [4.78, 5) is 5.06. The van der Waals surface area contributed by atoms with Crippen LogP contribution in [0.4, 0.5) is 4.39 Å². The maximum absolute atomic E-state index is 13.8. The van der Waals surface area contributed by atoms with Crippen molar-refractivity contribution in [1.82, 2.24) is 9.55 Å². The molecule has 0 aliphatic heterocycles. The third-order valence-corrected chi connectivity index (χ3v) is 8.37. The third-order valence-electron chi connectivity index (χ3n) is 6.27. The van der Waals surface area contributed by atoms with Gasteiger partial charge in [-0.15, -0.1) is 0 Å². The van der Waals surface area contributed by atoms with Gasteiger partial charge in [0.1, 0.15) is 5.82 Å². The van der Waals surface area contributed by atoms with Gasteiger partial charge >= 0.3 is 0 Å². The molecule has 34 heavy (non-hydrogen) atoms. The molecule has 0 amide bonds. The molecule has 0 radical (unpaired) electrons. The Morgan fingerprint density at radius 2 is 1.74 bits per heavy atom. The van der Waals surface area contributed by atoms with Crippen molar-refractivity contribution < 1.29 is 4.39 Å². The van der Waals surface area contributed by atoms with Gasteiger partial charge in [-0.3, -0.25) is 4.57 Å². The monoisotopic (exact) mass is 530 g/mol. The first-order chi connectivity index (χ1) is 16.4. The van der Waals surface area contributed by atoms with Gasteiger partial charge in [0.05, 0.1) is 11.4 Å². The molecule has 1 aliphatic rings. The fourth-order valence-electron chi connectivity index (χ4n) is 4.56. The Morgan fingerprint density at radius 1 is 1.00 bits per heavy atom. The van der Waals surface area contributed by atoms with Crippen molar-refractivity contribution in [2.45, 2.75) is 43.0 Å². The maximum atomic E-state index is 13.8. The van der Waals surface area contributed by atoms with E-state index in [1.165, 1.54) is 17.7 Å². The first kappa shape index (κ1) is 23.7. The first-order valence-electron chi connectivity index (χ1n) is 11.1. The maximum Gasteiger partial charge on any atom is 0.173 e. The first-order valence-corrected chi connectivity index (χ1v) is 13.2. The molecule has 3 aromatic carbocycles. The van der Waals surface area contributed by atoms with Crippen molar-refractivity contribution in [1.29, 1.82) is 0 Å². The van der Waals surface area contributed by atoms with Crippen LogP contribution in [0.3, 0.4) is 0 Å². The predicted octanol–water partition coefficient (Wildman–Crippen LogP) is 9.04. The Labute approximate surface area is 218 Å². The van der Waals surface area contributed by atoms with E-state index >= 15 is 0 Å². The summed E-state index contributed by atoms with van der Waals surface area (Å²) in [7, 11) is 0. The lowest BCUT2D eigenvalue weighted by Crippen LogP contribution is -2.15. The molecule has 0 bridgehead atoms. The van der Waals surface area contributed by atoms with Crippen molar-refractivity contribution in [3.05, 3.63) is 110 Å². The lowest BCUT2D eigenvalue weighted by Gasteiger charge is -2.25. The van der Waals surface area contributed by atoms with Crippen molar-refractivity contribution in [2.24, 2.45) is 0 Å². The van der Waals surface area contributed by atoms with Gasteiger partial charge in [-0.2, -0.15) is 0 Å². The van der Waals surface area contributed by atoms with Crippen LogP contribution in [0.2, 0.25) is 15.1 Å². The number of rotatable bonds is 5. The Morgan fingerprint density at radius 3 is 2.44 bits per heavy atom. The normalized spacial score (nSPS) is 15.4. The Bertz CT molecular complexity index is 1330. The number of nitrogens with zero attached hydrogens (tertiary/aromatic N) is 2. The summed E-state index contributed by atoms with van der Waals surface area (Å²) >= 11 is 20.8. The zero-order chi connectivity index (χ0) is 23.8. The minimum atomic E-state index is -0.264. The second kappa shape index (κ2) is 9.94. The third kappa shape index (κ3) is 4.61. The van der Waals surface area contributed by atoms with Gasteiger partial charge in [0.15, 0.2) is 5.16 Å². The average molecular weight is 532 g/mol. The molecule has 174 valence electrons. The molecule has 0 N–H and O–H groups in total. The summed E-state index contributed by atoms with van der Waals surface area (Å²) in [5.41, 5.74) is 6.29. The molecule has 1 aromatic heterocycles. The van der Waals surface area contributed by atoms with E-state index in [9.17, 15) is 4.39 Å². The van der Waals surface area contributed by atoms with Crippen molar-refractivity contribution in [3.63, 3.8) is 0 Å². The highest BCUT2D eigenvalue weighted by atomic mass is 35.5. The van der Waals surface area contributed by atoms with Gasteiger partial charge in [0.2, 0.25) is 0 Å². The zero-order valence-electron chi connectivity index (χ0n) is 18.5. The van der Waals surface area contributed by atoms with E-state index in [0.29, 0.717) is 15.8 Å². The highest BCUT2D eigenvalue weighted by molar-refractivity contribution is 7.98. The van der Waals surface area contributed by atoms with E-state index in [1.54, 1.807) is 11.8 Å². The second-order valence-corrected chi connectivity index (χ2v) is 10.6. The number of fused-ring (bicyclic) bond motifs is 1. The quantitative estimate of drug-likeness (QED) is 0.239. The molecule has 0 spiro atoms. The van der Waals surface area contributed by atoms with Crippen molar-refractivity contribution in [3.8, 4) is 5.69 Å². The molecule has 1 heterocycles. The molecule has 1 unspecified atom stereocenters. The van der Waals surface area contributed by atoms with Crippen LogP contribution >= 0.6 is 46.6 Å². The molecular formula is C27H22Cl3FN2S. The number of thioether (sulfide) groups is 1. The highest BCUT2D eigenvalue weighted by Crippen LogP contribution is 2.42. The van der Waals surface area contributed by atoms with Gasteiger partial charge in [-0.1, -0.05) is 64.8 Å². The lowest BCUT2D eigenvalue weighted by molar-refractivity contribution is 0.586. The summed E-state index contributed by atoms with van der Waals surface area (Å²) in [6, 6.07) is 18.4. The number of hydrogen-bond acceptors (Lipinski definition) is 2. The molecule has 4 aromatic rings. The molecule has 2 nitrogen and oxygen atoms in total. The molecule has 0 saturated heterocycles. The smallest absolute Gasteiger partial charge is 0.173 e. The van der Waals surface area contributed by atoms with E-state index < -0.39 is 0 Å². The van der Waals surface area contributed by atoms with Crippen LogP contribution in [0.15, 0.2) is 65.8 Å². The van der Waals surface area contributed by atoms with Crippen LogP contribution < -0.4 is 0 Å². The van der Waals surface area contributed by atoms with Crippen LogP contribution in [0.25, 0.3) is 5.69 Å². The van der Waals surface area contributed by atoms with E-state index in [1.807, 2.05) is 43.3 Å². The largest absolute Gasteiger partial charge is 0.291 e. The second-order valence-electron chi connectivity index (χ2n) is 8.48. The van der Waals surface area contributed by atoms with Gasteiger partial charge in [-0.25, -0.2) is 9.37 Å². The molecular weight excluding hydrogens is 510 g/mol. The SMILES string of the molecule is Cc1cc(C2CCCc3nc(SCc4c(Cl)cccc4Cl)n(-c4ccc(F)cc4)c32)ccc1Cl. The van der Waals surface area contributed by atoms with Gasteiger partial charge < -0.3 is 0 Å². The number of aromatic nitrogens is 2. The van der Waals surface area contributed by atoms with Crippen LogP contribution in [-0.2, 0) is 12.2 Å². The Kier molecular flexibility index (Phi) is 6.95. The molecule has 7 heteroatoms. The molecule has 1 aliphatic carbocycles. The number of benzene rings is 3. The van der Waals surface area contributed by atoms with Crippen molar-refractivity contribution >= 4 is 46.6 Å². The van der Waals surface area contributed by atoms with Crippen molar-refractivity contribution in [2.75, 3.05) is 0 Å². The standard InChI is InChI=1S/C27H22Cl3FN2S/c1-16-14-17(8-13-22(16)28)20-4-2-7-25-26(20)33(19-11-9-18(31)10-12-19)27(32-25)34-15-21-23(29)5-3-6-24(21)30/h3,5-6,8-14,20H,2,4,7,15H2,1H3. The average Bonchev–Trinajstić information content (AvgIpc) is 3.19. The molecule has 1 atom stereocenters. The topological polar surface area (TPSA) is 17.8 Å². The van der Waals surface area contributed by atoms with Gasteiger partial charge in [-0.05, 0) is 85.3 Å². The summed E-state index contributed by atoms with van der Waals surface area (Å²) < 4.78 is 16.0. The van der Waals surface area contributed by atoms with E-state index in [0.717, 1.165) is 57.6 Å². The molecule has 0 fully saturated rings. The van der Waals surface area contributed by atoms with E-state index in [2.05, 4.69) is 16.7 Å². The number of halogens is 4. The fraction of sp³-hybridized carbons (Fsp3) is 0.222. The summed E-state index contributed by atoms with van der Waals surface area (Å²) in [6.45, 7) is 2.03. The predicted molar refractivity (Wildman–Crippen MR) is 141 cm³/mol. The number of aryl methyl sites for hydroxylation is 2.